The summed E-state index contributed by atoms with van der Waals surface area (Å²) < 4.78 is 0.700. The fourth-order valence-electron chi connectivity index (χ4n) is 1.84. The molecule has 0 atom stereocenters. The molecule has 20 heavy (non-hydrogen) atoms. The highest BCUT2D eigenvalue weighted by molar-refractivity contribution is 6.04. The van der Waals surface area contributed by atoms with Gasteiger partial charge in [0, 0.05) is 23.0 Å². The highest BCUT2D eigenvalue weighted by atomic mass is 16.1. The van der Waals surface area contributed by atoms with Crippen LogP contribution in [0.25, 0.3) is 0 Å². The van der Waals surface area contributed by atoms with Crippen LogP contribution in [-0.2, 0) is 0 Å². The molecule has 0 fully saturated rings. The van der Waals surface area contributed by atoms with E-state index in [1.165, 1.54) is 0 Å². The van der Waals surface area contributed by atoms with Gasteiger partial charge in [-0.3, -0.25) is 9.28 Å². The summed E-state index contributed by atoms with van der Waals surface area (Å²) in [5.41, 5.74) is 8.77. The molecular weight excluding hydrogens is 250 g/mol. The monoisotopic (exact) mass is 270 g/mol. The summed E-state index contributed by atoms with van der Waals surface area (Å²) in [6.45, 7) is 0. The molecular formula is C16H20N3O+. The SMILES string of the molecule is C[N+](C)(C)c1cccc(NC(=O)c2ccc(N)cc2)c1. The molecule has 0 radical (unpaired) electrons. The van der Waals surface area contributed by atoms with Crippen LogP contribution < -0.4 is 15.5 Å². The van der Waals surface area contributed by atoms with Crippen molar-refractivity contribution in [2.24, 2.45) is 0 Å². The minimum Gasteiger partial charge on any atom is -0.399 e. The van der Waals surface area contributed by atoms with Gasteiger partial charge < -0.3 is 11.1 Å². The molecule has 0 aliphatic heterocycles. The predicted molar refractivity (Wildman–Crippen MR) is 84.8 cm³/mol. The lowest BCUT2D eigenvalue weighted by Crippen LogP contribution is -2.34. The van der Waals surface area contributed by atoms with E-state index in [2.05, 4.69) is 26.5 Å². The maximum atomic E-state index is 12.1. The highest BCUT2D eigenvalue weighted by Crippen LogP contribution is 2.21. The second-order valence-electron chi connectivity index (χ2n) is 5.64. The van der Waals surface area contributed by atoms with Crippen molar-refractivity contribution in [2.75, 3.05) is 32.2 Å². The third kappa shape index (κ3) is 3.36. The van der Waals surface area contributed by atoms with E-state index in [4.69, 9.17) is 5.73 Å². The first-order valence-electron chi connectivity index (χ1n) is 6.45. The molecule has 0 aromatic heterocycles. The van der Waals surface area contributed by atoms with Crippen molar-refractivity contribution in [3.63, 3.8) is 0 Å². The second kappa shape index (κ2) is 5.35. The Bertz CT molecular complexity index is 612. The Hall–Kier alpha value is -2.33. The molecule has 0 unspecified atom stereocenters. The van der Waals surface area contributed by atoms with E-state index >= 15 is 0 Å². The Morgan fingerprint density at radius 3 is 2.30 bits per heavy atom. The number of hydrogen-bond acceptors (Lipinski definition) is 2. The van der Waals surface area contributed by atoms with Gasteiger partial charge in [0.2, 0.25) is 0 Å². The molecule has 0 aliphatic rings. The third-order valence-corrected chi connectivity index (χ3v) is 3.05. The van der Waals surface area contributed by atoms with Gasteiger partial charge in [-0.2, -0.15) is 0 Å². The Balaban J connectivity index is 2.18. The van der Waals surface area contributed by atoms with Gasteiger partial charge in [0.15, 0.2) is 0 Å². The van der Waals surface area contributed by atoms with Crippen molar-refractivity contribution in [2.45, 2.75) is 0 Å². The summed E-state index contributed by atoms with van der Waals surface area (Å²) in [6, 6.07) is 14.7. The number of nitrogens with zero attached hydrogens (tertiary/aromatic N) is 1. The molecule has 1 amide bonds. The van der Waals surface area contributed by atoms with E-state index < -0.39 is 0 Å². The first-order valence-corrected chi connectivity index (χ1v) is 6.45. The maximum absolute atomic E-state index is 12.1. The van der Waals surface area contributed by atoms with Crippen LogP contribution in [0.15, 0.2) is 48.5 Å². The Labute approximate surface area is 119 Å². The fraction of sp³-hybridized carbons (Fsp3) is 0.188. The Morgan fingerprint density at radius 2 is 1.70 bits per heavy atom. The van der Waals surface area contributed by atoms with Crippen LogP contribution >= 0.6 is 0 Å². The average Bonchev–Trinajstić information content (AvgIpc) is 2.38. The lowest BCUT2D eigenvalue weighted by atomic mass is 10.2. The number of carbonyl (C=O) groups is 1. The molecule has 2 rings (SSSR count). The highest BCUT2D eigenvalue weighted by Gasteiger charge is 2.13. The predicted octanol–water partition coefficient (Wildman–Crippen LogP) is 2.72. The summed E-state index contributed by atoms with van der Waals surface area (Å²) in [5.74, 6) is -0.136. The van der Waals surface area contributed by atoms with Crippen molar-refractivity contribution in [3.8, 4) is 0 Å². The number of carbonyl (C=O) groups excluding carboxylic acids is 1. The number of benzene rings is 2. The van der Waals surface area contributed by atoms with Crippen LogP contribution in [0.4, 0.5) is 17.1 Å². The normalized spacial score (nSPS) is 11.2. The molecule has 0 saturated carbocycles. The van der Waals surface area contributed by atoms with Crippen LogP contribution in [0.3, 0.4) is 0 Å². The molecule has 2 aromatic carbocycles. The topological polar surface area (TPSA) is 55.1 Å². The number of amides is 1. The molecule has 0 bridgehead atoms. The number of nitrogen functional groups attached to an aromatic ring is 1. The van der Waals surface area contributed by atoms with Crippen LogP contribution in [0.2, 0.25) is 0 Å². The Morgan fingerprint density at radius 1 is 1.05 bits per heavy atom. The smallest absolute Gasteiger partial charge is 0.255 e. The van der Waals surface area contributed by atoms with Gasteiger partial charge in [0.25, 0.3) is 5.91 Å². The maximum Gasteiger partial charge on any atom is 0.255 e. The molecule has 0 saturated heterocycles. The van der Waals surface area contributed by atoms with Crippen molar-refractivity contribution < 1.29 is 4.79 Å². The van der Waals surface area contributed by atoms with Gasteiger partial charge in [-0.15, -0.1) is 0 Å². The zero-order valence-corrected chi connectivity index (χ0v) is 12.1. The molecule has 4 heteroatoms. The summed E-state index contributed by atoms with van der Waals surface area (Å²) >= 11 is 0. The van der Waals surface area contributed by atoms with Crippen LogP contribution in [0.5, 0.6) is 0 Å². The largest absolute Gasteiger partial charge is 0.399 e. The molecule has 0 spiro atoms. The summed E-state index contributed by atoms with van der Waals surface area (Å²) in [6.07, 6.45) is 0. The van der Waals surface area contributed by atoms with E-state index in [9.17, 15) is 4.79 Å². The summed E-state index contributed by atoms with van der Waals surface area (Å²) in [5, 5.41) is 2.90. The van der Waals surface area contributed by atoms with Crippen molar-refractivity contribution in [3.05, 3.63) is 54.1 Å². The fourth-order valence-corrected chi connectivity index (χ4v) is 1.84. The van der Waals surface area contributed by atoms with Crippen LogP contribution in [-0.4, -0.2) is 27.1 Å². The standard InChI is InChI=1S/C16H19N3O/c1-19(2,3)15-6-4-5-14(11-15)18-16(20)12-7-9-13(17)10-8-12/h4-11H,1-3H3,(H2-,17,18,20)/p+1. The van der Waals surface area contributed by atoms with Gasteiger partial charge in [0.05, 0.1) is 21.1 Å². The lowest BCUT2D eigenvalue weighted by Gasteiger charge is -2.23. The van der Waals surface area contributed by atoms with Gasteiger partial charge in [0.1, 0.15) is 5.69 Å². The third-order valence-electron chi connectivity index (χ3n) is 3.05. The number of hydrogen-bond donors (Lipinski definition) is 2. The quantitative estimate of drug-likeness (QED) is 0.665. The lowest BCUT2D eigenvalue weighted by molar-refractivity contribution is 0.102. The van der Waals surface area contributed by atoms with Gasteiger partial charge >= 0.3 is 0 Å². The molecule has 0 aliphatic carbocycles. The molecule has 3 N–H and O–H groups in total. The zero-order valence-electron chi connectivity index (χ0n) is 12.1. The van der Waals surface area contributed by atoms with Crippen LogP contribution in [0.1, 0.15) is 10.4 Å². The van der Waals surface area contributed by atoms with Crippen molar-refractivity contribution in [1.82, 2.24) is 4.48 Å². The Kier molecular flexibility index (Phi) is 3.77. The van der Waals surface area contributed by atoms with E-state index in [0.29, 0.717) is 15.7 Å². The minimum absolute atomic E-state index is 0.136. The summed E-state index contributed by atoms with van der Waals surface area (Å²) in [4.78, 5) is 12.1. The molecule has 2 aromatic rings. The first kappa shape index (κ1) is 14.1. The summed E-state index contributed by atoms with van der Waals surface area (Å²) in [7, 11) is 6.25. The zero-order chi connectivity index (χ0) is 14.8. The average molecular weight is 270 g/mol. The van der Waals surface area contributed by atoms with Gasteiger partial charge in [-0.25, -0.2) is 0 Å². The number of rotatable bonds is 3. The molecule has 0 heterocycles. The molecule has 104 valence electrons. The number of quaternary nitrogens is 1. The minimum atomic E-state index is -0.136. The number of nitrogens with one attached hydrogen (secondary N) is 1. The first-order chi connectivity index (χ1) is 9.36. The second-order valence-corrected chi connectivity index (χ2v) is 5.64. The van der Waals surface area contributed by atoms with Crippen molar-refractivity contribution in [1.29, 1.82) is 0 Å². The number of nitrogens with two attached hydrogens (primary N) is 1. The van der Waals surface area contributed by atoms with E-state index in [1.54, 1.807) is 24.3 Å². The molecule has 4 nitrogen and oxygen atoms in total. The van der Waals surface area contributed by atoms with Gasteiger partial charge in [-0.05, 0) is 36.4 Å². The number of anilines is 2. The van der Waals surface area contributed by atoms with Crippen LogP contribution in [0, 0.1) is 0 Å². The van der Waals surface area contributed by atoms with Crippen molar-refractivity contribution >= 4 is 23.0 Å². The van der Waals surface area contributed by atoms with E-state index in [1.807, 2.05) is 24.3 Å². The van der Waals surface area contributed by atoms with Gasteiger partial charge in [-0.1, -0.05) is 6.07 Å². The van der Waals surface area contributed by atoms with E-state index in [0.717, 1.165) is 11.4 Å². The van der Waals surface area contributed by atoms with E-state index in [-0.39, 0.29) is 5.91 Å².